The SMILES string of the molecule is CS(=O)(=O)Oc1cccc2cccnc12. The molecule has 15 heavy (non-hydrogen) atoms. The van der Waals surface area contributed by atoms with Crippen LogP contribution >= 0.6 is 0 Å². The number of fused-ring (bicyclic) bond motifs is 1. The Labute approximate surface area is 87.6 Å². The van der Waals surface area contributed by atoms with Gasteiger partial charge < -0.3 is 4.18 Å². The van der Waals surface area contributed by atoms with Crippen molar-refractivity contribution in [1.29, 1.82) is 0 Å². The number of hydrogen-bond acceptors (Lipinski definition) is 4. The van der Waals surface area contributed by atoms with Crippen LogP contribution in [0.2, 0.25) is 0 Å². The van der Waals surface area contributed by atoms with Crippen LogP contribution in [0.3, 0.4) is 0 Å². The lowest BCUT2D eigenvalue weighted by Crippen LogP contribution is -2.06. The van der Waals surface area contributed by atoms with Crippen molar-refractivity contribution in [3.63, 3.8) is 0 Å². The summed E-state index contributed by atoms with van der Waals surface area (Å²) in [6.07, 6.45) is 2.60. The molecule has 0 fully saturated rings. The molecule has 2 rings (SSSR count). The van der Waals surface area contributed by atoms with Gasteiger partial charge in [-0.25, -0.2) is 0 Å². The number of hydrogen-bond donors (Lipinski definition) is 0. The summed E-state index contributed by atoms with van der Waals surface area (Å²) in [7, 11) is -3.51. The first-order chi connectivity index (χ1) is 7.06. The zero-order valence-corrected chi connectivity index (χ0v) is 8.86. The van der Waals surface area contributed by atoms with Crippen LogP contribution in [0.5, 0.6) is 5.75 Å². The minimum Gasteiger partial charge on any atom is -0.380 e. The maximum absolute atomic E-state index is 11.0. The number of rotatable bonds is 2. The molecule has 1 aromatic heterocycles. The van der Waals surface area contributed by atoms with Crippen molar-refractivity contribution in [3.8, 4) is 5.75 Å². The Kier molecular flexibility index (Phi) is 2.32. The van der Waals surface area contributed by atoms with E-state index in [4.69, 9.17) is 4.18 Å². The van der Waals surface area contributed by atoms with Gasteiger partial charge >= 0.3 is 10.1 Å². The molecule has 0 bridgehead atoms. The Morgan fingerprint density at radius 1 is 1.20 bits per heavy atom. The minimum atomic E-state index is -3.51. The molecule has 0 saturated heterocycles. The maximum atomic E-state index is 11.0. The molecular weight excluding hydrogens is 214 g/mol. The first kappa shape index (κ1) is 9.92. The van der Waals surface area contributed by atoms with Crippen LogP contribution in [-0.2, 0) is 10.1 Å². The molecule has 0 radical (unpaired) electrons. The van der Waals surface area contributed by atoms with Gasteiger partial charge in [-0.05, 0) is 12.1 Å². The summed E-state index contributed by atoms with van der Waals surface area (Å²) < 4.78 is 26.8. The number of nitrogens with zero attached hydrogens (tertiary/aromatic N) is 1. The molecular formula is C10H9NO3S. The van der Waals surface area contributed by atoms with E-state index >= 15 is 0 Å². The zero-order chi connectivity index (χ0) is 10.9. The van der Waals surface area contributed by atoms with Crippen molar-refractivity contribution in [2.45, 2.75) is 0 Å². The van der Waals surface area contributed by atoms with E-state index in [1.807, 2.05) is 12.1 Å². The summed E-state index contributed by atoms with van der Waals surface area (Å²) in [5.41, 5.74) is 0.547. The fraction of sp³-hybridized carbons (Fsp3) is 0.100. The lowest BCUT2D eigenvalue weighted by molar-refractivity contribution is 0.495. The quantitative estimate of drug-likeness (QED) is 0.725. The van der Waals surface area contributed by atoms with E-state index in [2.05, 4.69) is 4.98 Å². The van der Waals surface area contributed by atoms with Crippen molar-refractivity contribution in [3.05, 3.63) is 36.5 Å². The molecule has 0 amide bonds. The Morgan fingerprint density at radius 2 is 1.93 bits per heavy atom. The van der Waals surface area contributed by atoms with Crippen molar-refractivity contribution >= 4 is 21.0 Å². The summed E-state index contributed by atoms with van der Waals surface area (Å²) in [5.74, 6) is 0.260. The number of benzene rings is 1. The van der Waals surface area contributed by atoms with Gasteiger partial charge in [-0.1, -0.05) is 18.2 Å². The van der Waals surface area contributed by atoms with Gasteiger partial charge in [0.15, 0.2) is 5.75 Å². The molecule has 5 heteroatoms. The highest BCUT2D eigenvalue weighted by atomic mass is 32.2. The Bertz CT molecular complexity index is 587. The van der Waals surface area contributed by atoms with Crippen LogP contribution in [0.1, 0.15) is 0 Å². The first-order valence-electron chi connectivity index (χ1n) is 4.29. The van der Waals surface area contributed by atoms with Crippen LogP contribution < -0.4 is 4.18 Å². The molecule has 1 aromatic carbocycles. The van der Waals surface area contributed by atoms with E-state index in [0.717, 1.165) is 11.6 Å². The monoisotopic (exact) mass is 223 g/mol. The molecule has 2 aromatic rings. The zero-order valence-electron chi connectivity index (χ0n) is 8.04. The Hall–Kier alpha value is -1.62. The molecule has 78 valence electrons. The second kappa shape index (κ2) is 3.51. The smallest absolute Gasteiger partial charge is 0.306 e. The van der Waals surface area contributed by atoms with Crippen molar-refractivity contribution in [2.24, 2.45) is 0 Å². The van der Waals surface area contributed by atoms with Gasteiger partial charge in [0.2, 0.25) is 0 Å². The summed E-state index contributed by atoms with van der Waals surface area (Å²) in [6, 6.07) is 8.78. The molecule has 1 heterocycles. The van der Waals surface area contributed by atoms with Gasteiger partial charge in [0, 0.05) is 11.6 Å². The van der Waals surface area contributed by atoms with Crippen molar-refractivity contribution in [2.75, 3.05) is 6.26 Å². The standard InChI is InChI=1S/C10H9NO3S/c1-15(12,13)14-9-6-2-4-8-5-3-7-11-10(8)9/h2-7H,1H3. The van der Waals surface area contributed by atoms with E-state index in [9.17, 15) is 8.42 Å². The first-order valence-corrected chi connectivity index (χ1v) is 6.11. The maximum Gasteiger partial charge on any atom is 0.306 e. The number of aromatic nitrogens is 1. The van der Waals surface area contributed by atoms with Gasteiger partial charge in [-0.3, -0.25) is 4.98 Å². The van der Waals surface area contributed by atoms with E-state index in [1.165, 1.54) is 0 Å². The third kappa shape index (κ3) is 2.24. The highest BCUT2D eigenvalue weighted by molar-refractivity contribution is 7.86. The third-order valence-electron chi connectivity index (χ3n) is 1.84. The van der Waals surface area contributed by atoms with Crippen LogP contribution in [0.25, 0.3) is 10.9 Å². The molecule has 0 saturated carbocycles. The fourth-order valence-electron chi connectivity index (χ4n) is 1.31. The van der Waals surface area contributed by atoms with Crippen LogP contribution in [0.15, 0.2) is 36.5 Å². The lowest BCUT2D eigenvalue weighted by Gasteiger charge is -2.05. The lowest BCUT2D eigenvalue weighted by atomic mass is 10.2. The molecule has 0 aliphatic carbocycles. The van der Waals surface area contributed by atoms with Crippen LogP contribution in [0.4, 0.5) is 0 Å². The average Bonchev–Trinajstić information content (AvgIpc) is 2.16. The molecule has 0 atom stereocenters. The molecule has 0 aliphatic heterocycles. The summed E-state index contributed by atoms with van der Waals surface area (Å²) in [5, 5.41) is 0.846. The van der Waals surface area contributed by atoms with Gasteiger partial charge in [-0.2, -0.15) is 8.42 Å². The second-order valence-corrected chi connectivity index (χ2v) is 4.69. The number of para-hydroxylation sites is 1. The van der Waals surface area contributed by atoms with Gasteiger partial charge in [0.05, 0.1) is 6.26 Å². The van der Waals surface area contributed by atoms with Gasteiger partial charge in [0.25, 0.3) is 0 Å². The summed E-state index contributed by atoms with van der Waals surface area (Å²) in [6.45, 7) is 0. The highest BCUT2D eigenvalue weighted by Gasteiger charge is 2.08. The van der Waals surface area contributed by atoms with Crippen LogP contribution in [-0.4, -0.2) is 19.7 Å². The predicted molar refractivity (Wildman–Crippen MR) is 57.2 cm³/mol. The second-order valence-electron chi connectivity index (χ2n) is 3.12. The predicted octanol–water partition coefficient (Wildman–Crippen LogP) is 1.57. The summed E-state index contributed by atoms with van der Waals surface area (Å²) >= 11 is 0. The Balaban J connectivity index is 2.61. The minimum absolute atomic E-state index is 0.260. The van der Waals surface area contributed by atoms with Gasteiger partial charge in [-0.15, -0.1) is 0 Å². The molecule has 0 unspecified atom stereocenters. The van der Waals surface area contributed by atoms with Crippen molar-refractivity contribution < 1.29 is 12.6 Å². The molecule has 4 nitrogen and oxygen atoms in total. The third-order valence-corrected chi connectivity index (χ3v) is 2.32. The normalized spacial score (nSPS) is 11.5. The summed E-state index contributed by atoms with van der Waals surface area (Å²) in [4.78, 5) is 4.08. The Morgan fingerprint density at radius 3 is 2.67 bits per heavy atom. The largest absolute Gasteiger partial charge is 0.380 e. The highest BCUT2D eigenvalue weighted by Crippen LogP contribution is 2.23. The van der Waals surface area contributed by atoms with E-state index in [-0.39, 0.29) is 5.75 Å². The number of pyridine rings is 1. The van der Waals surface area contributed by atoms with Crippen molar-refractivity contribution in [1.82, 2.24) is 4.98 Å². The molecule has 0 aliphatic rings. The van der Waals surface area contributed by atoms with Crippen LogP contribution in [0, 0.1) is 0 Å². The average molecular weight is 223 g/mol. The van der Waals surface area contributed by atoms with E-state index in [1.54, 1.807) is 24.4 Å². The molecule has 0 N–H and O–H groups in total. The van der Waals surface area contributed by atoms with Gasteiger partial charge in [0.1, 0.15) is 5.52 Å². The van der Waals surface area contributed by atoms with E-state index in [0.29, 0.717) is 5.52 Å². The fourth-order valence-corrected chi connectivity index (χ4v) is 1.77. The van der Waals surface area contributed by atoms with E-state index < -0.39 is 10.1 Å². The topological polar surface area (TPSA) is 56.3 Å². The molecule has 0 spiro atoms.